The quantitative estimate of drug-likeness (QED) is 0.601. The van der Waals surface area contributed by atoms with Crippen LogP contribution < -0.4 is 4.90 Å². The fourth-order valence-electron chi connectivity index (χ4n) is 2.75. The number of amides is 1. The summed E-state index contributed by atoms with van der Waals surface area (Å²) in [7, 11) is 3.82. The first-order valence-electron chi connectivity index (χ1n) is 7.53. The number of halogens is 1. The zero-order chi connectivity index (χ0) is 17.6. The van der Waals surface area contributed by atoms with Crippen molar-refractivity contribution in [2.75, 3.05) is 11.9 Å². The number of aryl methyl sites for hydroxylation is 1. The lowest BCUT2D eigenvalue weighted by molar-refractivity contribution is -0.114. The molecular weight excluding hydrogens is 342 g/mol. The summed E-state index contributed by atoms with van der Waals surface area (Å²) in [6.45, 7) is 4.08. The van der Waals surface area contributed by atoms with E-state index in [4.69, 9.17) is 23.8 Å². The predicted octanol–water partition coefficient (Wildman–Crippen LogP) is 3.90. The first-order valence-corrected chi connectivity index (χ1v) is 8.32. The number of benzene rings is 1. The number of carbonyl (C=O) groups is 1. The lowest BCUT2D eigenvalue weighted by Gasteiger charge is -2.16. The van der Waals surface area contributed by atoms with Crippen LogP contribution in [0.3, 0.4) is 0 Å². The Balaban J connectivity index is 2.03. The Kier molecular flexibility index (Phi) is 4.24. The minimum Gasteiger partial charge on any atom is -0.352 e. The van der Waals surface area contributed by atoms with E-state index < -0.39 is 0 Å². The molecule has 124 valence electrons. The molecule has 1 aliphatic heterocycles. The van der Waals surface area contributed by atoms with Gasteiger partial charge in [-0.1, -0.05) is 11.6 Å². The van der Waals surface area contributed by atoms with Gasteiger partial charge in [-0.15, -0.1) is 0 Å². The van der Waals surface area contributed by atoms with E-state index >= 15 is 0 Å². The third-order valence-electron chi connectivity index (χ3n) is 4.45. The van der Waals surface area contributed by atoms with Gasteiger partial charge < -0.3 is 9.47 Å². The maximum absolute atomic E-state index is 12.9. The highest BCUT2D eigenvalue weighted by molar-refractivity contribution is 7.80. The average molecular weight is 360 g/mol. The van der Waals surface area contributed by atoms with Crippen molar-refractivity contribution in [2.45, 2.75) is 13.8 Å². The molecular formula is C18H18ClN3OS. The van der Waals surface area contributed by atoms with E-state index in [1.807, 2.05) is 34.0 Å². The van der Waals surface area contributed by atoms with Gasteiger partial charge in [0.2, 0.25) is 0 Å². The lowest BCUT2D eigenvalue weighted by Crippen LogP contribution is -2.31. The molecule has 0 saturated carbocycles. The average Bonchev–Trinajstić information content (AvgIpc) is 2.91. The van der Waals surface area contributed by atoms with Crippen LogP contribution >= 0.6 is 23.8 Å². The number of hydrogen-bond donors (Lipinski definition) is 0. The Bertz CT molecular complexity index is 867. The summed E-state index contributed by atoms with van der Waals surface area (Å²) in [5.74, 6) is -0.134. The number of carbonyl (C=O) groups excluding carboxylic acids is 1. The zero-order valence-corrected chi connectivity index (χ0v) is 15.6. The predicted molar refractivity (Wildman–Crippen MR) is 102 cm³/mol. The standard InChI is InChI=1S/C18H18ClN3OS/c1-11-9-13(12(2)20(11)3)10-16-17(23)22(18(24)21(16)4)15-7-5-14(19)6-8-15/h5-10H,1-4H3/b16-10-. The monoisotopic (exact) mass is 359 g/mol. The second-order valence-electron chi connectivity index (χ2n) is 5.87. The maximum Gasteiger partial charge on any atom is 0.281 e. The molecule has 0 radical (unpaired) electrons. The van der Waals surface area contributed by atoms with Crippen molar-refractivity contribution in [1.29, 1.82) is 0 Å². The molecule has 0 N–H and O–H groups in total. The summed E-state index contributed by atoms with van der Waals surface area (Å²) in [4.78, 5) is 16.2. The molecule has 24 heavy (non-hydrogen) atoms. The van der Waals surface area contributed by atoms with E-state index in [0.717, 1.165) is 17.0 Å². The van der Waals surface area contributed by atoms with Gasteiger partial charge in [-0.2, -0.15) is 0 Å². The highest BCUT2D eigenvalue weighted by Gasteiger charge is 2.36. The molecule has 1 fully saturated rings. The molecule has 4 nitrogen and oxygen atoms in total. The van der Waals surface area contributed by atoms with Crippen LogP contribution in [0.15, 0.2) is 36.0 Å². The summed E-state index contributed by atoms with van der Waals surface area (Å²) in [6, 6.07) is 9.15. The van der Waals surface area contributed by atoms with Crippen molar-refractivity contribution in [2.24, 2.45) is 7.05 Å². The SMILES string of the molecule is Cc1cc(/C=C2/C(=O)N(c3ccc(Cl)cc3)C(=S)N2C)c(C)n1C. The molecule has 6 heteroatoms. The minimum atomic E-state index is -0.134. The van der Waals surface area contributed by atoms with Gasteiger partial charge in [0.15, 0.2) is 5.11 Å². The van der Waals surface area contributed by atoms with Gasteiger partial charge >= 0.3 is 0 Å². The molecule has 0 atom stereocenters. The number of anilines is 1. The summed E-state index contributed by atoms with van der Waals surface area (Å²) in [5, 5.41) is 1.08. The van der Waals surface area contributed by atoms with E-state index in [0.29, 0.717) is 21.5 Å². The molecule has 0 spiro atoms. The number of aromatic nitrogens is 1. The van der Waals surface area contributed by atoms with Crippen LogP contribution in [0.1, 0.15) is 17.0 Å². The summed E-state index contributed by atoms with van der Waals surface area (Å²) in [6.07, 6.45) is 1.90. The number of thiocarbonyl (C=S) groups is 1. The van der Waals surface area contributed by atoms with Crippen LogP contribution in [0, 0.1) is 13.8 Å². The molecule has 0 aliphatic carbocycles. The fourth-order valence-corrected chi connectivity index (χ4v) is 3.16. The molecule has 1 saturated heterocycles. The number of rotatable bonds is 2. The van der Waals surface area contributed by atoms with Gasteiger partial charge in [-0.25, -0.2) is 0 Å². The Labute approximate surface area is 151 Å². The molecule has 2 heterocycles. The molecule has 2 aromatic rings. The minimum absolute atomic E-state index is 0.134. The van der Waals surface area contributed by atoms with Gasteiger partial charge in [0.1, 0.15) is 5.70 Å². The highest BCUT2D eigenvalue weighted by Crippen LogP contribution is 2.29. The fraction of sp³-hybridized carbons (Fsp3) is 0.222. The maximum atomic E-state index is 12.9. The van der Waals surface area contributed by atoms with Gasteiger partial charge in [0.25, 0.3) is 5.91 Å². The number of nitrogens with zero attached hydrogens (tertiary/aromatic N) is 3. The highest BCUT2D eigenvalue weighted by atomic mass is 35.5. The molecule has 0 bridgehead atoms. The van der Waals surface area contributed by atoms with E-state index in [9.17, 15) is 4.79 Å². The van der Waals surface area contributed by atoms with Gasteiger partial charge in [-0.3, -0.25) is 9.69 Å². The van der Waals surface area contributed by atoms with Crippen LogP contribution in [0.4, 0.5) is 5.69 Å². The molecule has 1 aromatic heterocycles. The van der Waals surface area contributed by atoms with E-state index in [2.05, 4.69) is 10.6 Å². The van der Waals surface area contributed by atoms with Crippen LogP contribution in [-0.2, 0) is 11.8 Å². The van der Waals surface area contributed by atoms with Crippen molar-refractivity contribution in [3.8, 4) is 0 Å². The topological polar surface area (TPSA) is 28.5 Å². The second kappa shape index (κ2) is 6.07. The molecule has 1 aromatic carbocycles. The number of likely N-dealkylation sites (N-methyl/N-ethyl adjacent to an activating group) is 1. The Morgan fingerprint density at radius 2 is 1.75 bits per heavy atom. The summed E-state index contributed by atoms with van der Waals surface area (Å²) >= 11 is 11.4. The molecule has 1 aliphatic rings. The van der Waals surface area contributed by atoms with Crippen LogP contribution in [0.25, 0.3) is 6.08 Å². The molecule has 1 amide bonds. The first-order chi connectivity index (χ1) is 11.3. The third kappa shape index (κ3) is 2.64. The summed E-state index contributed by atoms with van der Waals surface area (Å²) in [5.41, 5.74) is 4.54. The van der Waals surface area contributed by atoms with Crippen molar-refractivity contribution in [1.82, 2.24) is 9.47 Å². The van der Waals surface area contributed by atoms with E-state index in [1.165, 1.54) is 4.90 Å². The Morgan fingerprint density at radius 3 is 2.29 bits per heavy atom. The number of hydrogen-bond acceptors (Lipinski definition) is 2. The summed E-state index contributed by atoms with van der Waals surface area (Å²) < 4.78 is 2.10. The second-order valence-corrected chi connectivity index (χ2v) is 6.68. The molecule has 0 unspecified atom stereocenters. The Hall–Kier alpha value is -2.11. The molecule has 3 rings (SSSR count). The lowest BCUT2D eigenvalue weighted by atomic mass is 10.2. The van der Waals surface area contributed by atoms with Crippen molar-refractivity contribution < 1.29 is 4.79 Å². The van der Waals surface area contributed by atoms with Gasteiger partial charge in [-0.05, 0) is 68.0 Å². The van der Waals surface area contributed by atoms with Crippen molar-refractivity contribution in [3.05, 3.63) is 58.0 Å². The Morgan fingerprint density at radius 1 is 1.12 bits per heavy atom. The van der Waals surface area contributed by atoms with Crippen LogP contribution in [-0.4, -0.2) is 27.5 Å². The van der Waals surface area contributed by atoms with E-state index in [1.54, 1.807) is 29.2 Å². The van der Waals surface area contributed by atoms with Crippen LogP contribution in [0.5, 0.6) is 0 Å². The third-order valence-corrected chi connectivity index (χ3v) is 5.16. The van der Waals surface area contributed by atoms with Crippen molar-refractivity contribution in [3.63, 3.8) is 0 Å². The van der Waals surface area contributed by atoms with Gasteiger partial charge in [0, 0.05) is 30.5 Å². The normalized spacial score (nSPS) is 16.6. The largest absolute Gasteiger partial charge is 0.352 e. The van der Waals surface area contributed by atoms with E-state index in [-0.39, 0.29) is 5.91 Å². The van der Waals surface area contributed by atoms with Crippen molar-refractivity contribution >= 4 is 46.6 Å². The smallest absolute Gasteiger partial charge is 0.281 e. The first kappa shape index (κ1) is 16.7. The van der Waals surface area contributed by atoms with Gasteiger partial charge in [0.05, 0.1) is 5.69 Å². The zero-order valence-electron chi connectivity index (χ0n) is 14.0. The van der Waals surface area contributed by atoms with Crippen LogP contribution in [0.2, 0.25) is 5.02 Å².